The lowest BCUT2D eigenvalue weighted by molar-refractivity contribution is 0.147. The topological polar surface area (TPSA) is 58.9 Å². The highest BCUT2D eigenvalue weighted by Crippen LogP contribution is 2.51. The van der Waals surface area contributed by atoms with E-state index in [-0.39, 0.29) is 5.75 Å². The van der Waals surface area contributed by atoms with E-state index in [2.05, 4.69) is 0 Å². The van der Waals surface area contributed by atoms with Gasteiger partial charge in [-0.25, -0.2) is 0 Å². The number of methoxy groups -OCH3 is 2. The molecule has 1 aliphatic carbocycles. The first-order chi connectivity index (χ1) is 7.10. The molecule has 0 heterocycles. The zero-order valence-corrected chi connectivity index (χ0v) is 8.78. The monoisotopic (exact) mass is 210 g/mol. The van der Waals surface area contributed by atoms with Crippen LogP contribution in [0.3, 0.4) is 0 Å². The Morgan fingerprint density at radius 2 is 1.67 bits per heavy atom. The van der Waals surface area contributed by atoms with Gasteiger partial charge < -0.3 is 19.7 Å². The molecule has 0 radical (unpaired) electrons. The minimum atomic E-state index is -0.871. The maximum atomic E-state index is 9.91. The summed E-state index contributed by atoms with van der Waals surface area (Å²) < 4.78 is 10.1. The van der Waals surface area contributed by atoms with Crippen LogP contribution < -0.4 is 9.47 Å². The zero-order valence-electron chi connectivity index (χ0n) is 8.78. The van der Waals surface area contributed by atoms with Crippen LogP contribution >= 0.6 is 0 Å². The number of aromatic hydroxyl groups is 1. The van der Waals surface area contributed by atoms with Crippen molar-refractivity contribution in [3.05, 3.63) is 17.7 Å². The van der Waals surface area contributed by atoms with Crippen LogP contribution in [0.4, 0.5) is 0 Å². The SMILES string of the molecule is COc1cc(O)c(C2(O)CC2)cc1OC. The number of hydrogen-bond donors (Lipinski definition) is 2. The minimum absolute atomic E-state index is 0.0488. The fourth-order valence-electron chi connectivity index (χ4n) is 1.63. The lowest BCUT2D eigenvalue weighted by atomic mass is 10.1. The number of phenols is 1. The van der Waals surface area contributed by atoms with Crippen molar-refractivity contribution in [1.82, 2.24) is 0 Å². The minimum Gasteiger partial charge on any atom is -0.507 e. The van der Waals surface area contributed by atoms with Gasteiger partial charge in [0.1, 0.15) is 5.75 Å². The molecule has 0 saturated heterocycles. The molecule has 15 heavy (non-hydrogen) atoms. The standard InChI is InChI=1S/C11H14O4/c1-14-9-5-7(11(13)3-4-11)8(12)6-10(9)15-2/h5-6,12-13H,3-4H2,1-2H3. The van der Waals surface area contributed by atoms with E-state index in [4.69, 9.17) is 9.47 Å². The number of aliphatic hydroxyl groups is 1. The summed E-state index contributed by atoms with van der Waals surface area (Å²) in [7, 11) is 3.03. The Morgan fingerprint density at radius 1 is 1.13 bits per heavy atom. The molecule has 0 bridgehead atoms. The summed E-state index contributed by atoms with van der Waals surface area (Å²) in [5.41, 5.74) is -0.357. The van der Waals surface area contributed by atoms with Gasteiger partial charge in [0.2, 0.25) is 0 Å². The Bertz CT molecular complexity index is 382. The fraction of sp³-hybridized carbons (Fsp3) is 0.455. The van der Waals surface area contributed by atoms with Gasteiger partial charge in [-0.2, -0.15) is 0 Å². The molecule has 2 rings (SSSR count). The number of benzene rings is 1. The highest BCUT2D eigenvalue weighted by Gasteiger charge is 2.44. The molecule has 82 valence electrons. The third-order valence-corrected chi connectivity index (χ3v) is 2.73. The average Bonchev–Trinajstić information content (AvgIpc) is 2.96. The average molecular weight is 210 g/mol. The van der Waals surface area contributed by atoms with Gasteiger partial charge in [0.25, 0.3) is 0 Å². The molecule has 0 atom stereocenters. The van der Waals surface area contributed by atoms with Crippen molar-refractivity contribution in [1.29, 1.82) is 0 Å². The lowest BCUT2D eigenvalue weighted by Gasteiger charge is -2.14. The van der Waals surface area contributed by atoms with Gasteiger partial charge in [-0.05, 0) is 18.9 Å². The Kier molecular flexibility index (Phi) is 2.23. The molecule has 4 nitrogen and oxygen atoms in total. The molecule has 0 amide bonds. The number of phenolic OH excluding ortho intramolecular Hbond substituents is 1. The normalized spacial score (nSPS) is 17.3. The fourth-order valence-corrected chi connectivity index (χ4v) is 1.63. The molecule has 0 spiro atoms. The first-order valence-corrected chi connectivity index (χ1v) is 4.78. The Labute approximate surface area is 88.1 Å². The van der Waals surface area contributed by atoms with E-state index in [1.54, 1.807) is 6.07 Å². The second kappa shape index (κ2) is 3.31. The van der Waals surface area contributed by atoms with E-state index in [1.165, 1.54) is 20.3 Å². The Hall–Kier alpha value is -1.42. The first kappa shape index (κ1) is 10.1. The third kappa shape index (κ3) is 1.61. The van der Waals surface area contributed by atoms with Gasteiger partial charge in [-0.3, -0.25) is 0 Å². The molecular formula is C11H14O4. The maximum Gasteiger partial charge on any atom is 0.164 e. The lowest BCUT2D eigenvalue weighted by Crippen LogP contribution is -2.05. The van der Waals surface area contributed by atoms with E-state index in [9.17, 15) is 10.2 Å². The molecule has 2 N–H and O–H groups in total. The highest BCUT2D eigenvalue weighted by atomic mass is 16.5. The molecule has 0 aromatic heterocycles. The summed E-state index contributed by atoms with van der Waals surface area (Å²) in [5.74, 6) is 1.03. The van der Waals surface area contributed by atoms with E-state index >= 15 is 0 Å². The van der Waals surface area contributed by atoms with E-state index in [0.29, 0.717) is 29.9 Å². The van der Waals surface area contributed by atoms with Crippen LogP contribution in [0.2, 0.25) is 0 Å². The van der Waals surface area contributed by atoms with Crippen molar-refractivity contribution >= 4 is 0 Å². The van der Waals surface area contributed by atoms with Crippen molar-refractivity contribution in [2.24, 2.45) is 0 Å². The number of hydrogen-bond acceptors (Lipinski definition) is 4. The van der Waals surface area contributed by atoms with Gasteiger partial charge in [-0.1, -0.05) is 0 Å². The molecule has 0 unspecified atom stereocenters. The van der Waals surface area contributed by atoms with E-state index < -0.39 is 5.60 Å². The van der Waals surface area contributed by atoms with E-state index in [1.807, 2.05) is 0 Å². The van der Waals surface area contributed by atoms with Crippen molar-refractivity contribution < 1.29 is 19.7 Å². The second-order valence-corrected chi connectivity index (χ2v) is 3.76. The van der Waals surface area contributed by atoms with Crippen LogP contribution in [0, 0.1) is 0 Å². The zero-order chi connectivity index (χ0) is 11.1. The van der Waals surface area contributed by atoms with Crippen molar-refractivity contribution in [2.75, 3.05) is 14.2 Å². The maximum absolute atomic E-state index is 9.91. The van der Waals surface area contributed by atoms with Crippen molar-refractivity contribution in [3.63, 3.8) is 0 Å². The number of rotatable bonds is 3. The summed E-state index contributed by atoms with van der Waals surface area (Å²) in [6, 6.07) is 3.09. The molecule has 1 aromatic rings. The summed E-state index contributed by atoms with van der Waals surface area (Å²) in [6.45, 7) is 0. The Balaban J connectivity index is 2.48. The van der Waals surface area contributed by atoms with Crippen LogP contribution in [0.5, 0.6) is 17.2 Å². The molecule has 1 fully saturated rings. The van der Waals surface area contributed by atoms with Crippen LogP contribution in [0.15, 0.2) is 12.1 Å². The summed E-state index contributed by atoms with van der Waals surface area (Å²) in [4.78, 5) is 0. The molecule has 1 aliphatic rings. The van der Waals surface area contributed by atoms with Crippen LogP contribution in [0.25, 0.3) is 0 Å². The van der Waals surface area contributed by atoms with Crippen molar-refractivity contribution in [3.8, 4) is 17.2 Å². The van der Waals surface area contributed by atoms with Crippen molar-refractivity contribution in [2.45, 2.75) is 18.4 Å². The highest BCUT2D eigenvalue weighted by molar-refractivity contribution is 5.53. The van der Waals surface area contributed by atoms with Gasteiger partial charge in [0.05, 0.1) is 19.8 Å². The molecule has 0 aliphatic heterocycles. The van der Waals surface area contributed by atoms with E-state index in [0.717, 1.165) is 0 Å². The van der Waals surface area contributed by atoms with Gasteiger partial charge in [-0.15, -0.1) is 0 Å². The van der Waals surface area contributed by atoms with Gasteiger partial charge >= 0.3 is 0 Å². The van der Waals surface area contributed by atoms with Gasteiger partial charge in [0.15, 0.2) is 11.5 Å². The second-order valence-electron chi connectivity index (χ2n) is 3.76. The summed E-state index contributed by atoms with van der Waals surface area (Å²) >= 11 is 0. The van der Waals surface area contributed by atoms with Crippen LogP contribution in [0.1, 0.15) is 18.4 Å². The molecule has 4 heteroatoms. The third-order valence-electron chi connectivity index (χ3n) is 2.73. The van der Waals surface area contributed by atoms with Crippen LogP contribution in [-0.2, 0) is 5.60 Å². The first-order valence-electron chi connectivity index (χ1n) is 4.78. The predicted molar refractivity (Wildman–Crippen MR) is 54.3 cm³/mol. The molecular weight excluding hydrogens is 196 g/mol. The molecule has 1 saturated carbocycles. The largest absolute Gasteiger partial charge is 0.507 e. The smallest absolute Gasteiger partial charge is 0.164 e. The van der Waals surface area contributed by atoms with Gasteiger partial charge in [0, 0.05) is 11.6 Å². The Morgan fingerprint density at radius 3 is 2.13 bits per heavy atom. The number of ether oxygens (including phenoxy) is 2. The molecule has 1 aromatic carbocycles. The quantitative estimate of drug-likeness (QED) is 0.791. The summed E-state index contributed by atoms with van der Waals surface area (Å²) in [6.07, 6.45) is 1.35. The van der Waals surface area contributed by atoms with Crippen LogP contribution in [-0.4, -0.2) is 24.4 Å². The predicted octanol–water partition coefficient (Wildman–Crippen LogP) is 1.39. The summed E-state index contributed by atoms with van der Waals surface area (Å²) in [5, 5.41) is 19.6.